The quantitative estimate of drug-likeness (QED) is 0.601. The Morgan fingerprint density at radius 2 is 2.00 bits per heavy atom. The van der Waals surface area contributed by atoms with Crippen molar-refractivity contribution in [2.75, 3.05) is 0 Å². The molecule has 1 aromatic heterocycles. The molecule has 4 aliphatic carbocycles. The zero-order chi connectivity index (χ0) is 21.6. The molecule has 31 heavy (non-hydrogen) atoms. The van der Waals surface area contributed by atoms with Crippen LogP contribution in [0.2, 0.25) is 0 Å². The Kier molecular flexibility index (Phi) is 4.20. The summed E-state index contributed by atoms with van der Waals surface area (Å²) in [4.78, 5) is 23.7. The minimum atomic E-state index is -4.79. The Bertz CT molecular complexity index is 1080. The van der Waals surface area contributed by atoms with Gasteiger partial charge in [-0.15, -0.1) is 0 Å². The van der Waals surface area contributed by atoms with Crippen LogP contribution in [-0.4, -0.2) is 36.1 Å². The van der Waals surface area contributed by atoms with Crippen molar-refractivity contribution in [3.63, 3.8) is 0 Å². The van der Waals surface area contributed by atoms with E-state index in [0.29, 0.717) is 23.8 Å². The number of halogens is 1. The van der Waals surface area contributed by atoms with Gasteiger partial charge in [-0.2, -0.15) is 0 Å². The van der Waals surface area contributed by atoms with Crippen molar-refractivity contribution in [2.45, 2.75) is 62.7 Å². The van der Waals surface area contributed by atoms with E-state index in [1.165, 1.54) is 6.07 Å². The fourth-order valence-corrected chi connectivity index (χ4v) is 8.31. The van der Waals surface area contributed by atoms with Crippen molar-refractivity contribution in [3.05, 3.63) is 42.1 Å². The van der Waals surface area contributed by atoms with Crippen LogP contribution in [0.15, 0.2) is 30.7 Å². The molecule has 7 nitrogen and oxygen atoms in total. The van der Waals surface area contributed by atoms with E-state index >= 15 is 0 Å². The van der Waals surface area contributed by atoms with Crippen LogP contribution in [0.25, 0.3) is 11.3 Å². The van der Waals surface area contributed by atoms with Gasteiger partial charge in [0.1, 0.15) is 5.82 Å². The molecule has 1 aromatic carbocycles. The van der Waals surface area contributed by atoms with E-state index in [-0.39, 0.29) is 12.2 Å². The fraction of sp³-hybridized carbons (Fsp3) is 0.591. The van der Waals surface area contributed by atoms with Crippen molar-refractivity contribution in [1.29, 1.82) is 0 Å². The molecule has 4 saturated carbocycles. The van der Waals surface area contributed by atoms with Crippen LogP contribution < -0.4 is 0 Å². The van der Waals surface area contributed by atoms with E-state index in [4.69, 9.17) is 4.52 Å². The van der Waals surface area contributed by atoms with Crippen LogP contribution in [-0.2, 0) is 9.09 Å². The van der Waals surface area contributed by atoms with E-state index in [2.05, 4.69) is 4.98 Å². The van der Waals surface area contributed by atoms with Crippen LogP contribution in [0.3, 0.4) is 0 Å². The summed E-state index contributed by atoms with van der Waals surface area (Å²) in [6, 6.07) is 4.45. The molecule has 0 saturated heterocycles. The maximum atomic E-state index is 14.9. The summed E-state index contributed by atoms with van der Waals surface area (Å²) < 4.78 is 34.3. The minimum absolute atomic E-state index is 0.220. The lowest BCUT2D eigenvalue weighted by molar-refractivity contribution is -0.194. The van der Waals surface area contributed by atoms with E-state index in [0.717, 1.165) is 43.4 Å². The number of hydrogen-bond acceptors (Lipinski definition) is 4. The molecule has 2 aromatic rings. The molecule has 9 heteroatoms. The lowest BCUT2D eigenvalue weighted by Crippen LogP contribution is -2.59. The lowest BCUT2D eigenvalue weighted by atomic mass is 9.46. The molecule has 166 valence electrons. The average Bonchev–Trinajstić information content (AvgIpc) is 3.21. The molecule has 2 heterocycles. The van der Waals surface area contributed by atoms with E-state index in [1.54, 1.807) is 18.6 Å². The SMILES string of the molecule is O=P(O)(O)OC(CC1c2c(F)cccc2-c2cncn21)C12CC3CC(CC(O)(C3)C1)C2. The Morgan fingerprint density at radius 1 is 1.26 bits per heavy atom. The number of fused-ring (bicyclic) bond motifs is 3. The second-order valence-electron chi connectivity index (χ2n) is 10.3. The zero-order valence-corrected chi connectivity index (χ0v) is 17.9. The third-order valence-corrected chi connectivity index (χ3v) is 8.65. The molecule has 4 bridgehead atoms. The maximum Gasteiger partial charge on any atom is 0.469 e. The minimum Gasteiger partial charge on any atom is -0.390 e. The molecule has 0 radical (unpaired) electrons. The first-order valence-electron chi connectivity index (χ1n) is 10.9. The molecule has 7 rings (SSSR count). The van der Waals surface area contributed by atoms with Gasteiger partial charge in [0.15, 0.2) is 0 Å². The molecule has 3 N–H and O–H groups in total. The van der Waals surface area contributed by atoms with Gasteiger partial charge in [0, 0.05) is 16.5 Å². The molecule has 0 spiro atoms. The molecule has 5 aliphatic rings. The van der Waals surface area contributed by atoms with Gasteiger partial charge < -0.3 is 19.5 Å². The highest BCUT2D eigenvalue weighted by molar-refractivity contribution is 7.46. The number of aliphatic hydroxyl groups is 1. The topological polar surface area (TPSA) is 105 Å². The standard InChI is InChI=1S/C22H26FN2O5P/c23-16-3-1-2-15-18-10-24-12-25(18)17(20(15)16)5-19(30-31(27,28)29)21-6-13-4-14(7-21)9-22(26,8-13)11-21/h1-3,10,12-14,17,19,26H,4-9,11H2,(H2,27,28,29). The van der Waals surface area contributed by atoms with Gasteiger partial charge in [0.05, 0.1) is 36.0 Å². The molecule has 4 fully saturated rings. The highest BCUT2D eigenvalue weighted by Crippen LogP contribution is 2.65. The van der Waals surface area contributed by atoms with Crippen molar-refractivity contribution >= 4 is 7.82 Å². The summed E-state index contributed by atoms with van der Waals surface area (Å²) in [5.74, 6) is 0.335. The first kappa shape index (κ1) is 20.1. The second-order valence-corrected chi connectivity index (χ2v) is 11.5. The van der Waals surface area contributed by atoms with Crippen LogP contribution in [0.4, 0.5) is 4.39 Å². The van der Waals surface area contributed by atoms with Crippen LogP contribution in [0, 0.1) is 23.1 Å². The Labute approximate surface area is 179 Å². The molecule has 0 amide bonds. The van der Waals surface area contributed by atoms with Crippen LogP contribution >= 0.6 is 7.82 Å². The zero-order valence-electron chi connectivity index (χ0n) is 17.0. The predicted octanol–water partition coefficient (Wildman–Crippen LogP) is 3.79. The second kappa shape index (κ2) is 6.49. The highest BCUT2D eigenvalue weighted by Gasteiger charge is 2.61. The van der Waals surface area contributed by atoms with Crippen molar-refractivity contribution in [3.8, 4) is 11.3 Å². The normalized spacial score (nSPS) is 36.5. The van der Waals surface area contributed by atoms with Gasteiger partial charge in [-0.3, -0.25) is 4.52 Å². The van der Waals surface area contributed by atoms with Gasteiger partial charge in [-0.05, 0) is 62.8 Å². The number of phosphoric ester groups is 1. The van der Waals surface area contributed by atoms with Crippen LogP contribution in [0.5, 0.6) is 0 Å². The summed E-state index contributed by atoms with van der Waals surface area (Å²) in [5, 5.41) is 11.2. The number of imidazole rings is 1. The Hall–Kier alpha value is -1.57. The van der Waals surface area contributed by atoms with Gasteiger partial charge >= 0.3 is 7.82 Å². The van der Waals surface area contributed by atoms with E-state index in [1.807, 2.05) is 10.6 Å². The monoisotopic (exact) mass is 448 g/mol. The van der Waals surface area contributed by atoms with Crippen molar-refractivity contribution in [2.24, 2.45) is 17.3 Å². The molecule has 4 unspecified atom stereocenters. The molecular formula is C22H26FN2O5P. The molecular weight excluding hydrogens is 422 g/mol. The lowest BCUT2D eigenvalue weighted by Gasteiger charge is -2.62. The van der Waals surface area contributed by atoms with Crippen LogP contribution in [0.1, 0.15) is 56.6 Å². The fourth-order valence-electron chi connectivity index (χ4n) is 7.67. The van der Waals surface area contributed by atoms with Gasteiger partial charge in [-0.25, -0.2) is 13.9 Å². The smallest absolute Gasteiger partial charge is 0.390 e. The van der Waals surface area contributed by atoms with Gasteiger partial charge in [0.25, 0.3) is 0 Å². The summed E-state index contributed by atoms with van der Waals surface area (Å²) in [6.07, 6.45) is 7.35. The first-order valence-corrected chi connectivity index (χ1v) is 12.4. The Balaban J connectivity index is 1.42. The summed E-state index contributed by atoms with van der Waals surface area (Å²) in [5.41, 5.74) is 0.747. The maximum absolute atomic E-state index is 14.9. The van der Waals surface area contributed by atoms with Gasteiger partial charge in [0.2, 0.25) is 0 Å². The van der Waals surface area contributed by atoms with Crippen molar-refractivity contribution in [1.82, 2.24) is 9.55 Å². The summed E-state index contributed by atoms with van der Waals surface area (Å²) in [6.45, 7) is 0. The van der Waals surface area contributed by atoms with E-state index < -0.39 is 31.0 Å². The predicted molar refractivity (Wildman–Crippen MR) is 109 cm³/mol. The largest absolute Gasteiger partial charge is 0.469 e. The number of benzene rings is 1. The molecule has 4 atom stereocenters. The van der Waals surface area contributed by atoms with Gasteiger partial charge in [-0.1, -0.05) is 12.1 Å². The third kappa shape index (κ3) is 3.15. The molecule has 1 aliphatic heterocycles. The average molecular weight is 448 g/mol. The highest BCUT2D eigenvalue weighted by atomic mass is 31.2. The first-order chi connectivity index (χ1) is 14.6. The number of hydrogen-bond donors (Lipinski definition) is 3. The Morgan fingerprint density at radius 3 is 2.68 bits per heavy atom. The van der Waals surface area contributed by atoms with E-state index in [9.17, 15) is 23.8 Å². The van der Waals surface area contributed by atoms with Crippen molar-refractivity contribution < 1.29 is 28.4 Å². The summed E-state index contributed by atoms with van der Waals surface area (Å²) >= 11 is 0. The number of rotatable bonds is 5. The third-order valence-electron chi connectivity index (χ3n) is 8.12. The summed E-state index contributed by atoms with van der Waals surface area (Å²) in [7, 11) is -4.79. The number of phosphoric acid groups is 1. The number of aromatic nitrogens is 2. The number of nitrogens with zero attached hydrogens (tertiary/aromatic N) is 2.